The molecule has 0 bridgehead atoms. The topological polar surface area (TPSA) is 4.93 Å². The third-order valence-electron chi connectivity index (χ3n) is 8.27. The molecule has 166 valence electrons. The minimum absolute atomic E-state index is 0.600. The van der Waals surface area contributed by atoms with Crippen LogP contribution in [0.2, 0.25) is 0 Å². The van der Waals surface area contributed by atoms with E-state index in [4.69, 9.17) is 0 Å². The third kappa shape index (κ3) is 2.48. The third-order valence-corrected chi connectivity index (χ3v) is 8.27. The molecule has 0 spiro atoms. The molecular weight excluding hydrogens is 422 g/mol. The number of hydrogen-bond acceptors (Lipinski definition) is 0. The highest BCUT2D eigenvalue weighted by Gasteiger charge is 2.49. The predicted octanol–water partition coefficient (Wildman–Crippen LogP) is 9.22. The summed E-state index contributed by atoms with van der Waals surface area (Å²) in [7, 11) is 0. The fourth-order valence-corrected chi connectivity index (χ4v) is 6.69. The SMILES string of the molecule is C=C(C)c1ccc(-n2c3c(c4ccccc42)C2CC2c2c-3c3ccccc3c3ccccc23)cc1. The summed E-state index contributed by atoms with van der Waals surface area (Å²) in [6.45, 7) is 6.21. The van der Waals surface area contributed by atoms with E-state index in [1.165, 1.54) is 61.4 Å². The van der Waals surface area contributed by atoms with Crippen LogP contribution in [-0.4, -0.2) is 4.57 Å². The number of rotatable bonds is 2. The smallest absolute Gasteiger partial charge is 0.0585 e. The number of aromatic nitrogens is 1. The van der Waals surface area contributed by atoms with Crippen molar-refractivity contribution in [1.82, 2.24) is 4.57 Å². The molecule has 1 fully saturated rings. The molecule has 1 aromatic heterocycles. The van der Waals surface area contributed by atoms with Gasteiger partial charge < -0.3 is 4.57 Å². The maximum atomic E-state index is 4.14. The lowest BCUT2D eigenvalue weighted by atomic mass is 9.82. The average molecular weight is 448 g/mol. The molecule has 0 N–H and O–H groups in total. The maximum Gasteiger partial charge on any atom is 0.0585 e. The van der Waals surface area contributed by atoms with Crippen LogP contribution in [0.25, 0.3) is 55.0 Å². The number of fused-ring (bicyclic) bond motifs is 13. The normalized spacial score (nSPS) is 17.9. The van der Waals surface area contributed by atoms with Gasteiger partial charge in [0.2, 0.25) is 0 Å². The lowest BCUT2D eigenvalue weighted by molar-refractivity contribution is 1.00. The number of allylic oxidation sites excluding steroid dienone is 1. The second-order valence-electron chi connectivity index (χ2n) is 10.3. The van der Waals surface area contributed by atoms with Crippen molar-refractivity contribution in [2.45, 2.75) is 25.2 Å². The van der Waals surface area contributed by atoms with Crippen molar-refractivity contribution in [2.24, 2.45) is 0 Å². The highest BCUT2D eigenvalue weighted by molar-refractivity contribution is 6.18. The first-order chi connectivity index (χ1) is 17.2. The summed E-state index contributed by atoms with van der Waals surface area (Å²) >= 11 is 0. The quantitative estimate of drug-likeness (QED) is 0.233. The first-order valence-corrected chi connectivity index (χ1v) is 12.6. The Kier molecular flexibility index (Phi) is 3.70. The standard InChI is InChI=1S/C34H25N/c1-20(2)21-15-17-22(18-16-21)35-30-14-8-7-13-27(30)32-29-19-28(29)31-25-11-5-3-9-23(25)24-10-4-6-12-26(24)33(31)34(32)35/h3-18,28-29H,1,19H2,2H3. The molecule has 0 saturated heterocycles. The average Bonchev–Trinajstić information content (AvgIpc) is 3.63. The number of nitrogens with zero attached hydrogens (tertiary/aromatic N) is 1. The molecule has 5 aromatic carbocycles. The Morgan fingerprint density at radius 2 is 1.23 bits per heavy atom. The predicted molar refractivity (Wildman–Crippen MR) is 149 cm³/mol. The number of hydrogen-bond donors (Lipinski definition) is 0. The summed E-state index contributed by atoms with van der Waals surface area (Å²) in [5.74, 6) is 1.21. The van der Waals surface area contributed by atoms with E-state index in [1.807, 2.05) is 0 Å². The van der Waals surface area contributed by atoms with Crippen LogP contribution in [0, 0.1) is 0 Å². The van der Waals surface area contributed by atoms with Crippen molar-refractivity contribution in [2.75, 3.05) is 0 Å². The van der Waals surface area contributed by atoms with Crippen molar-refractivity contribution < 1.29 is 0 Å². The Morgan fingerprint density at radius 3 is 1.94 bits per heavy atom. The minimum Gasteiger partial charge on any atom is -0.309 e. The fraction of sp³-hybridized carbons (Fsp3) is 0.118. The van der Waals surface area contributed by atoms with E-state index in [0.29, 0.717) is 11.8 Å². The number of benzene rings is 5. The molecular formula is C34H25N. The molecule has 2 aliphatic carbocycles. The zero-order valence-corrected chi connectivity index (χ0v) is 19.8. The molecule has 0 aliphatic heterocycles. The molecule has 2 aliphatic rings. The Morgan fingerprint density at radius 1 is 0.657 bits per heavy atom. The van der Waals surface area contributed by atoms with Crippen LogP contribution < -0.4 is 0 Å². The van der Waals surface area contributed by atoms with Crippen LogP contribution >= 0.6 is 0 Å². The Hall–Kier alpha value is -4.10. The van der Waals surface area contributed by atoms with Gasteiger partial charge in [0.1, 0.15) is 0 Å². The van der Waals surface area contributed by atoms with Gasteiger partial charge in [0, 0.05) is 16.6 Å². The van der Waals surface area contributed by atoms with Crippen LogP contribution in [0.3, 0.4) is 0 Å². The van der Waals surface area contributed by atoms with Crippen LogP contribution in [0.1, 0.15) is 41.9 Å². The highest BCUT2D eigenvalue weighted by atomic mass is 15.0. The summed E-state index contributed by atoms with van der Waals surface area (Å²) in [6.07, 6.45) is 1.24. The molecule has 0 amide bonds. The first-order valence-electron chi connectivity index (χ1n) is 12.6. The first kappa shape index (κ1) is 19.2. The molecule has 1 saturated carbocycles. The van der Waals surface area contributed by atoms with Gasteiger partial charge in [-0.15, -0.1) is 0 Å². The van der Waals surface area contributed by atoms with Crippen molar-refractivity contribution >= 4 is 38.0 Å². The second-order valence-corrected chi connectivity index (χ2v) is 10.3. The van der Waals surface area contributed by atoms with Gasteiger partial charge in [-0.25, -0.2) is 0 Å². The zero-order valence-electron chi connectivity index (χ0n) is 19.8. The molecule has 35 heavy (non-hydrogen) atoms. The zero-order chi connectivity index (χ0) is 23.3. The molecule has 1 heteroatoms. The minimum atomic E-state index is 0.600. The molecule has 2 unspecified atom stereocenters. The van der Waals surface area contributed by atoms with Crippen LogP contribution in [-0.2, 0) is 0 Å². The van der Waals surface area contributed by atoms with E-state index in [0.717, 1.165) is 5.57 Å². The summed E-state index contributed by atoms with van der Waals surface area (Å²) in [6, 6.07) is 36.0. The van der Waals surface area contributed by atoms with E-state index >= 15 is 0 Å². The summed E-state index contributed by atoms with van der Waals surface area (Å²) < 4.78 is 2.53. The summed E-state index contributed by atoms with van der Waals surface area (Å²) in [5, 5.41) is 6.93. The fourth-order valence-electron chi connectivity index (χ4n) is 6.69. The molecule has 1 nitrogen and oxygen atoms in total. The van der Waals surface area contributed by atoms with Gasteiger partial charge in [0.25, 0.3) is 0 Å². The van der Waals surface area contributed by atoms with Crippen LogP contribution in [0.4, 0.5) is 0 Å². The Labute approximate surface area is 204 Å². The second kappa shape index (κ2) is 6.73. The van der Waals surface area contributed by atoms with E-state index < -0.39 is 0 Å². The molecule has 2 atom stereocenters. The highest BCUT2D eigenvalue weighted by Crippen LogP contribution is 2.66. The summed E-state index contributed by atoms with van der Waals surface area (Å²) in [4.78, 5) is 0. The Balaban J connectivity index is 1.57. The van der Waals surface area contributed by atoms with Gasteiger partial charge in [-0.2, -0.15) is 0 Å². The van der Waals surface area contributed by atoms with Gasteiger partial charge in [-0.05, 0) is 81.6 Å². The Bertz CT molecular complexity index is 1850. The van der Waals surface area contributed by atoms with Crippen LogP contribution in [0.5, 0.6) is 0 Å². The number of para-hydroxylation sites is 1. The van der Waals surface area contributed by atoms with Gasteiger partial charge in [0.15, 0.2) is 0 Å². The maximum absolute atomic E-state index is 4.14. The van der Waals surface area contributed by atoms with Gasteiger partial charge >= 0.3 is 0 Å². The van der Waals surface area contributed by atoms with Gasteiger partial charge in [0.05, 0.1) is 11.2 Å². The molecule has 0 radical (unpaired) electrons. The monoisotopic (exact) mass is 447 g/mol. The lowest BCUT2D eigenvalue weighted by Gasteiger charge is -2.24. The van der Waals surface area contributed by atoms with E-state index in [2.05, 4.69) is 115 Å². The lowest BCUT2D eigenvalue weighted by Crippen LogP contribution is -2.05. The van der Waals surface area contributed by atoms with Crippen molar-refractivity contribution in [3.8, 4) is 16.9 Å². The van der Waals surface area contributed by atoms with E-state index in [9.17, 15) is 0 Å². The van der Waals surface area contributed by atoms with E-state index in [1.54, 1.807) is 11.1 Å². The van der Waals surface area contributed by atoms with Gasteiger partial charge in [-0.3, -0.25) is 0 Å². The molecule has 8 rings (SSSR count). The van der Waals surface area contributed by atoms with Crippen molar-refractivity contribution in [1.29, 1.82) is 0 Å². The van der Waals surface area contributed by atoms with Crippen molar-refractivity contribution in [3.05, 3.63) is 120 Å². The largest absolute Gasteiger partial charge is 0.309 e. The van der Waals surface area contributed by atoms with Gasteiger partial charge in [-0.1, -0.05) is 91.0 Å². The molecule has 1 heterocycles. The van der Waals surface area contributed by atoms with E-state index in [-0.39, 0.29) is 0 Å². The summed E-state index contributed by atoms with van der Waals surface area (Å²) in [5.41, 5.74) is 10.7. The van der Waals surface area contributed by atoms with Crippen molar-refractivity contribution in [3.63, 3.8) is 0 Å². The van der Waals surface area contributed by atoms with Crippen LogP contribution in [0.15, 0.2) is 104 Å². The molecule has 6 aromatic rings.